The topological polar surface area (TPSA) is 48.9 Å². The normalized spacial score (nSPS) is 11.1. The Morgan fingerprint density at radius 2 is 1.95 bits per heavy atom. The average Bonchev–Trinajstić information content (AvgIpc) is 2.76. The maximum Gasteiger partial charge on any atom is 0.138 e. The molecule has 0 atom stereocenters. The lowest BCUT2D eigenvalue weighted by atomic mass is 10.1. The third kappa shape index (κ3) is 2.20. The third-order valence-electron chi connectivity index (χ3n) is 3.14. The summed E-state index contributed by atoms with van der Waals surface area (Å²) in [5.74, 6) is 1.07. The maximum absolute atomic E-state index is 9.79. The Labute approximate surface area is 124 Å². The molecule has 4 heteroatoms. The first-order valence-corrected chi connectivity index (χ1v) is 7.08. The maximum atomic E-state index is 9.79. The molecule has 0 aliphatic rings. The molecule has 96 valence electrons. The van der Waals surface area contributed by atoms with E-state index < -0.39 is 0 Å². The first kappa shape index (κ1) is 12.5. The molecule has 0 unspecified atom stereocenters. The number of hydrogen-bond acceptors (Lipinski definition) is 2. The van der Waals surface area contributed by atoms with Crippen LogP contribution in [-0.4, -0.2) is 15.1 Å². The molecule has 0 aliphatic carbocycles. The van der Waals surface area contributed by atoms with Crippen molar-refractivity contribution in [2.24, 2.45) is 0 Å². The number of aryl methyl sites for hydroxylation is 2. The third-order valence-corrected chi connectivity index (χ3v) is 4.05. The van der Waals surface area contributed by atoms with Crippen LogP contribution < -0.4 is 0 Å². The smallest absolute Gasteiger partial charge is 0.138 e. The molecule has 3 nitrogen and oxygen atoms in total. The average molecular weight is 364 g/mol. The fraction of sp³-hybridized carbons (Fsp3) is 0.133. The molecule has 0 radical (unpaired) electrons. The van der Waals surface area contributed by atoms with Crippen molar-refractivity contribution in [2.45, 2.75) is 13.8 Å². The molecule has 0 saturated heterocycles. The zero-order valence-electron chi connectivity index (χ0n) is 10.7. The molecule has 0 bridgehead atoms. The number of halogens is 1. The van der Waals surface area contributed by atoms with E-state index in [1.807, 2.05) is 12.1 Å². The van der Waals surface area contributed by atoms with Crippen LogP contribution in [0.25, 0.3) is 22.4 Å². The Morgan fingerprint density at radius 1 is 1.16 bits per heavy atom. The number of H-pyrrole nitrogens is 1. The molecule has 0 amide bonds. The standard InChI is InChI=1S/C15H13IN2O/c1-8-5-9(2)14-12(6-8)17-15(18-14)10-3-4-11(16)13(19)7-10/h3-7,19H,1-2H3,(H,17,18). The van der Waals surface area contributed by atoms with Crippen LogP contribution in [0.2, 0.25) is 0 Å². The van der Waals surface area contributed by atoms with Crippen molar-refractivity contribution in [3.05, 3.63) is 45.0 Å². The Balaban J connectivity index is 2.20. The number of phenols is 1. The van der Waals surface area contributed by atoms with E-state index in [0.717, 1.165) is 31.6 Å². The van der Waals surface area contributed by atoms with Gasteiger partial charge in [0.1, 0.15) is 11.6 Å². The number of aromatic hydroxyl groups is 1. The van der Waals surface area contributed by atoms with Gasteiger partial charge >= 0.3 is 0 Å². The van der Waals surface area contributed by atoms with E-state index in [9.17, 15) is 5.11 Å². The minimum atomic E-state index is 0.284. The number of imidazole rings is 1. The van der Waals surface area contributed by atoms with Gasteiger partial charge in [-0.05, 0) is 71.8 Å². The van der Waals surface area contributed by atoms with Crippen LogP contribution in [-0.2, 0) is 0 Å². The van der Waals surface area contributed by atoms with Crippen LogP contribution in [0.4, 0.5) is 0 Å². The SMILES string of the molecule is Cc1cc(C)c2nc(-c3ccc(I)c(O)c3)[nH]c2c1. The number of rotatable bonds is 1. The number of aromatic nitrogens is 2. The monoisotopic (exact) mass is 364 g/mol. The van der Waals surface area contributed by atoms with Crippen LogP contribution >= 0.6 is 22.6 Å². The molecule has 0 fully saturated rings. The van der Waals surface area contributed by atoms with Gasteiger partial charge in [-0.1, -0.05) is 6.07 Å². The molecule has 2 aromatic carbocycles. The lowest BCUT2D eigenvalue weighted by molar-refractivity contribution is 0.471. The second-order valence-corrected chi connectivity index (χ2v) is 5.89. The Morgan fingerprint density at radius 3 is 2.68 bits per heavy atom. The second kappa shape index (κ2) is 4.52. The van der Waals surface area contributed by atoms with Crippen LogP contribution in [0.15, 0.2) is 30.3 Å². The van der Waals surface area contributed by atoms with Gasteiger partial charge in [-0.2, -0.15) is 0 Å². The summed E-state index contributed by atoms with van der Waals surface area (Å²) in [4.78, 5) is 7.94. The van der Waals surface area contributed by atoms with Gasteiger partial charge in [-0.15, -0.1) is 0 Å². The summed E-state index contributed by atoms with van der Waals surface area (Å²) in [5.41, 5.74) is 5.29. The molecule has 0 saturated carbocycles. The lowest BCUT2D eigenvalue weighted by Crippen LogP contribution is -1.82. The molecule has 3 rings (SSSR count). The van der Waals surface area contributed by atoms with Crippen LogP contribution in [0.1, 0.15) is 11.1 Å². The summed E-state index contributed by atoms with van der Waals surface area (Å²) in [6.45, 7) is 4.13. The molecular weight excluding hydrogens is 351 g/mol. The zero-order valence-corrected chi connectivity index (χ0v) is 12.8. The fourth-order valence-corrected chi connectivity index (χ4v) is 2.60. The summed E-state index contributed by atoms with van der Waals surface area (Å²) >= 11 is 2.10. The number of fused-ring (bicyclic) bond motifs is 1. The summed E-state index contributed by atoms with van der Waals surface area (Å²) in [5, 5.41) is 9.79. The van der Waals surface area contributed by atoms with E-state index >= 15 is 0 Å². The Kier molecular flexibility index (Phi) is 2.97. The molecular formula is C15H13IN2O. The summed E-state index contributed by atoms with van der Waals surface area (Å²) in [6, 6.07) is 9.79. The first-order valence-electron chi connectivity index (χ1n) is 6.00. The Hall–Kier alpha value is -1.56. The van der Waals surface area contributed by atoms with Gasteiger partial charge in [0.25, 0.3) is 0 Å². The van der Waals surface area contributed by atoms with Crippen LogP contribution in [0, 0.1) is 17.4 Å². The van der Waals surface area contributed by atoms with E-state index in [1.165, 1.54) is 5.56 Å². The van der Waals surface area contributed by atoms with Crippen molar-refractivity contribution in [3.63, 3.8) is 0 Å². The van der Waals surface area contributed by atoms with Crippen molar-refractivity contribution < 1.29 is 5.11 Å². The number of hydrogen-bond donors (Lipinski definition) is 2. The van der Waals surface area contributed by atoms with Crippen molar-refractivity contribution in [2.75, 3.05) is 0 Å². The minimum absolute atomic E-state index is 0.284. The molecule has 0 spiro atoms. The largest absolute Gasteiger partial charge is 0.507 e. The van der Waals surface area contributed by atoms with E-state index in [2.05, 4.69) is 58.5 Å². The number of phenolic OH excluding ortho intramolecular Hbond substituents is 1. The van der Waals surface area contributed by atoms with Gasteiger partial charge in [0.2, 0.25) is 0 Å². The van der Waals surface area contributed by atoms with Gasteiger partial charge in [0.05, 0.1) is 14.6 Å². The number of nitrogens with zero attached hydrogens (tertiary/aromatic N) is 1. The van der Waals surface area contributed by atoms with E-state index in [0.29, 0.717) is 0 Å². The highest BCUT2D eigenvalue weighted by Crippen LogP contribution is 2.28. The van der Waals surface area contributed by atoms with Crippen molar-refractivity contribution in [1.82, 2.24) is 9.97 Å². The molecule has 1 aromatic heterocycles. The molecule has 19 heavy (non-hydrogen) atoms. The second-order valence-electron chi connectivity index (χ2n) is 4.73. The van der Waals surface area contributed by atoms with E-state index in [4.69, 9.17) is 0 Å². The van der Waals surface area contributed by atoms with Gasteiger partial charge in [0.15, 0.2) is 0 Å². The summed E-state index contributed by atoms with van der Waals surface area (Å²) in [6.07, 6.45) is 0. The number of nitrogens with one attached hydrogen (secondary N) is 1. The van der Waals surface area contributed by atoms with Gasteiger partial charge < -0.3 is 10.1 Å². The van der Waals surface area contributed by atoms with Gasteiger partial charge in [-0.25, -0.2) is 4.98 Å². The number of benzene rings is 2. The Bertz CT molecular complexity index is 777. The summed E-state index contributed by atoms with van der Waals surface area (Å²) < 4.78 is 0.837. The van der Waals surface area contributed by atoms with Crippen molar-refractivity contribution >= 4 is 33.6 Å². The highest BCUT2D eigenvalue weighted by molar-refractivity contribution is 14.1. The minimum Gasteiger partial charge on any atom is -0.507 e. The van der Waals surface area contributed by atoms with Gasteiger partial charge in [-0.3, -0.25) is 0 Å². The predicted octanol–water partition coefficient (Wildman–Crippen LogP) is 4.16. The van der Waals surface area contributed by atoms with E-state index in [1.54, 1.807) is 6.07 Å². The molecule has 2 N–H and O–H groups in total. The predicted molar refractivity (Wildman–Crippen MR) is 85.4 cm³/mol. The van der Waals surface area contributed by atoms with Crippen molar-refractivity contribution in [3.8, 4) is 17.1 Å². The first-order chi connectivity index (χ1) is 9.04. The molecule has 0 aliphatic heterocycles. The highest BCUT2D eigenvalue weighted by Gasteiger charge is 2.09. The van der Waals surface area contributed by atoms with Crippen LogP contribution in [0.3, 0.4) is 0 Å². The zero-order chi connectivity index (χ0) is 13.6. The number of aromatic amines is 1. The highest BCUT2D eigenvalue weighted by atomic mass is 127. The van der Waals surface area contributed by atoms with Crippen molar-refractivity contribution in [1.29, 1.82) is 0 Å². The van der Waals surface area contributed by atoms with Gasteiger partial charge in [0, 0.05) is 5.56 Å². The molecule has 3 aromatic rings. The molecule has 1 heterocycles. The lowest BCUT2D eigenvalue weighted by Gasteiger charge is -1.99. The van der Waals surface area contributed by atoms with E-state index in [-0.39, 0.29) is 5.75 Å². The van der Waals surface area contributed by atoms with Crippen LogP contribution in [0.5, 0.6) is 5.75 Å². The fourth-order valence-electron chi connectivity index (χ4n) is 2.27. The summed E-state index contributed by atoms with van der Waals surface area (Å²) in [7, 11) is 0. The quantitative estimate of drug-likeness (QED) is 0.637.